The second kappa shape index (κ2) is 8.82. The molecule has 0 heterocycles. The van der Waals surface area contributed by atoms with Crippen molar-refractivity contribution in [3.63, 3.8) is 0 Å². The molecule has 1 aliphatic carbocycles. The Morgan fingerprint density at radius 2 is 1.85 bits per heavy atom. The van der Waals surface area contributed by atoms with E-state index in [9.17, 15) is 9.59 Å². The minimum absolute atomic E-state index is 0.197. The fraction of sp³-hybridized carbons (Fsp3) is 0.867. The number of hydrogen-bond donors (Lipinski definition) is 3. The molecule has 2 amide bonds. The summed E-state index contributed by atoms with van der Waals surface area (Å²) in [6, 6.07) is -0.252. The van der Waals surface area contributed by atoms with Crippen LogP contribution in [0.5, 0.6) is 0 Å². The maximum atomic E-state index is 11.6. The molecule has 0 aromatic carbocycles. The third-order valence-corrected chi connectivity index (χ3v) is 3.93. The molecular formula is C15H28N2O3. The van der Waals surface area contributed by atoms with Crippen LogP contribution in [0.15, 0.2) is 0 Å². The van der Waals surface area contributed by atoms with Crippen molar-refractivity contribution in [1.29, 1.82) is 0 Å². The maximum absolute atomic E-state index is 11.6. The second-order valence-corrected chi connectivity index (χ2v) is 6.24. The molecule has 0 spiro atoms. The van der Waals surface area contributed by atoms with Crippen molar-refractivity contribution >= 4 is 12.0 Å². The van der Waals surface area contributed by atoms with Crippen molar-refractivity contribution in [2.24, 2.45) is 17.8 Å². The van der Waals surface area contributed by atoms with Gasteiger partial charge >= 0.3 is 12.0 Å². The molecule has 0 aliphatic heterocycles. The van der Waals surface area contributed by atoms with E-state index in [1.807, 2.05) is 13.8 Å². The second-order valence-electron chi connectivity index (χ2n) is 6.24. The zero-order valence-electron chi connectivity index (χ0n) is 12.7. The number of carboxylic acid groups (broad SMARTS) is 1. The largest absolute Gasteiger partial charge is 0.481 e. The van der Waals surface area contributed by atoms with Crippen LogP contribution in [-0.4, -0.2) is 30.2 Å². The predicted molar refractivity (Wildman–Crippen MR) is 78.6 cm³/mol. The maximum Gasteiger partial charge on any atom is 0.314 e. The Balaban J connectivity index is 2.15. The van der Waals surface area contributed by atoms with Crippen molar-refractivity contribution in [2.75, 3.05) is 13.1 Å². The van der Waals surface area contributed by atoms with Crippen molar-refractivity contribution in [1.82, 2.24) is 10.6 Å². The fourth-order valence-corrected chi connectivity index (χ4v) is 2.81. The Kier molecular flexibility index (Phi) is 7.41. The lowest BCUT2D eigenvalue weighted by molar-refractivity contribution is -0.142. The zero-order chi connectivity index (χ0) is 15.0. The number of aliphatic carboxylic acids is 1. The van der Waals surface area contributed by atoms with Crippen LogP contribution in [-0.2, 0) is 4.79 Å². The molecule has 1 rings (SSSR count). The SMILES string of the molecule is CC(C)CC(CNC(=O)NCCC1CCCC1)C(=O)O. The average molecular weight is 284 g/mol. The quantitative estimate of drug-likeness (QED) is 0.641. The predicted octanol–water partition coefficient (Wildman–Crippen LogP) is 2.61. The summed E-state index contributed by atoms with van der Waals surface area (Å²) in [6.07, 6.45) is 6.79. The summed E-state index contributed by atoms with van der Waals surface area (Å²) >= 11 is 0. The Bertz CT molecular complexity index is 312. The van der Waals surface area contributed by atoms with E-state index in [1.165, 1.54) is 25.7 Å². The molecule has 1 unspecified atom stereocenters. The summed E-state index contributed by atoms with van der Waals surface area (Å²) in [5.74, 6) is -0.285. The van der Waals surface area contributed by atoms with Gasteiger partial charge < -0.3 is 15.7 Å². The molecular weight excluding hydrogens is 256 g/mol. The summed E-state index contributed by atoms with van der Waals surface area (Å²) in [5, 5.41) is 14.6. The average Bonchev–Trinajstić information content (AvgIpc) is 2.86. The van der Waals surface area contributed by atoms with Gasteiger partial charge in [-0.2, -0.15) is 0 Å². The van der Waals surface area contributed by atoms with Gasteiger partial charge in [-0.15, -0.1) is 0 Å². The summed E-state index contributed by atoms with van der Waals surface area (Å²) in [7, 11) is 0. The third kappa shape index (κ3) is 6.78. The summed E-state index contributed by atoms with van der Waals surface area (Å²) in [4.78, 5) is 22.7. The van der Waals surface area contributed by atoms with E-state index < -0.39 is 11.9 Å². The van der Waals surface area contributed by atoms with E-state index in [-0.39, 0.29) is 12.6 Å². The van der Waals surface area contributed by atoms with E-state index >= 15 is 0 Å². The molecule has 3 N–H and O–H groups in total. The van der Waals surface area contributed by atoms with Gasteiger partial charge in [0.2, 0.25) is 0 Å². The first-order valence-electron chi connectivity index (χ1n) is 7.73. The molecule has 1 saturated carbocycles. The first-order valence-corrected chi connectivity index (χ1v) is 7.73. The Morgan fingerprint density at radius 1 is 1.20 bits per heavy atom. The Labute approximate surface area is 121 Å². The number of nitrogens with one attached hydrogen (secondary N) is 2. The molecule has 0 radical (unpaired) electrons. The van der Waals surface area contributed by atoms with Crippen LogP contribution < -0.4 is 10.6 Å². The van der Waals surface area contributed by atoms with Crippen molar-refractivity contribution in [2.45, 2.75) is 52.4 Å². The molecule has 20 heavy (non-hydrogen) atoms. The molecule has 1 atom stereocenters. The van der Waals surface area contributed by atoms with Gasteiger partial charge in [0.05, 0.1) is 5.92 Å². The van der Waals surface area contributed by atoms with Crippen LogP contribution in [0.3, 0.4) is 0 Å². The first-order chi connectivity index (χ1) is 9.49. The van der Waals surface area contributed by atoms with Gasteiger partial charge in [-0.25, -0.2) is 4.79 Å². The van der Waals surface area contributed by atoms with Crippen LogP contribution in [0, 0.1) is 17.8 Å². The molecule has 5 nitrogen and oxygen atoms in total. The van der Waals surface area contributed by atoms with E-state index in [4.69, 9.17) is 5.11 Å². The highest BCUT2D eigenvalue weighted by molar-refractivity contribution is 5.75. The van der Waals surface area contributed by atoms with E-state index in [0.29, 0.717) is 18.9 Å². The fourth-order valence-electron chi connectivity index (χ4n) is 2.81. The van der Waals surface area contributed by atoms with Gasteiger partial charge in [-0.1, -0.05) is 39.5 Å². The smallest absolute Gasteiger partial charge is 0.314 e. The van der Waals surface area contributed by atoms with Gasteiger partial charge in [0.25, 0.3) is 0 Å². The number of carbonyl (C=O) groups is 2. The van der Waals surface area contributed by atoms with Crippen LogP contribution in [0.25, 0.3) is 0 Å². The van der Waals surface area contributed by atoms with Crippen molar-refractivity contribution in [3.05, 3.63) is 0 Å². The van der Waals surface area contributed by atoms with E-state index in [2.05, 4.69) is 10.6 Å². The summed E-state index contributed by atoms with van der Waals surface area (Å²) < 4.78 is 0. The molecule has 5 heteroatoms. The third-order valence-electron chi connectivity index (χ3n) is 3.93. The molecule has 1 aliphatic rings. The highest BCUT2D eigenvalue weighted by atomic mass is 16.4. The van der Waals surface area contributed by atoms with Gasteiger partial charge in [0, 0.05) is 13.1 Å². The van der Waals surface area contributed by atoms with E-state index in [0.717, 1.165) is 12.3 Å². The normalized spacial score (nSPS) is 17.1. The number of carboxylic acids is 1. The molecule has 0 saturated heterocycles. The standard InChI is InChI=1S/C15H28N2O3/c1-11(2)9-13(14(18)19)10-17-15(20)16-8-7-12-5-3-4-6-12/h11-13H,3-10H2,1-2H3,(H,18,19)(H2,16,17,20). The number of carbonyl (C=O) groups excluding carboxylic acids is 1. The molecule has 0 aromatic heterocycles. The van der Waals surface area contributed by atoms with E-state index in [1.54, 1.807) is 0 Å². The Hall–Kier alpha value is -1.26. The monoisotopic (exact) mass is 284 g/mol. The summed E-state index contributed by atoms with van der Waals surface area (Å²) in [6.45, 7) is 4.84. The topological polar surface area (TPSA) is 78.4 Å². The summed E-state index contributed by atoms with van der Waals surface area (Å²) in [5.41, 5.74) is 0. The number of rotatable bonds is 8. The number of amides is 2. The number of urea groups is 1. The van der Waals surface area contributed by atoms with Crippen LogP contribution in [0.2, 0.25) is 0 Å². The first kappa shape index (κ1) is 16.8. The zero-order valence-corrected chi connectivity index (χ0v) is 12.7. The van der Waals surface area contributed by atoms with Gasteiger partial charge in [0.1, 0.15) is 0 Å². The van der Waals surface area contributed by atoms with Crippen molar-refractivity contribution < 1.29 is 14.7 Å². The number of hydrogen-bond acceptors (Lipinski definition) is 2. The van der Waals surface area contributed by atoms with Crippen LogP contribution >= 0.6 is 0 Å². The molecule has 1 fully saturated rings. The lowest BCUT2D eigenvalue weighted by Crippen LogP contribution is -2.40. The van der Waals surface area contributed by atoms with Gasteiger partial charge in [0.15, 0.2) is 0 Å². The Morgan fingerprint density at radius 3 is 2.40 bits per heavy atom. The lowest BCUT2D eigenvalue weighted by atomic mass is 9.97. The minimum atomic E-state index is -0.843. The molecule has 116 valence electrons. The van der Waals surface area contributed by atoms with Gasteiger partial charge in [-0.3, -0.25) is 4.79 Å². The molecule has 0 aromatic rings. The van der Waals surface area contributed by atoms with Crippen LogP contribution in [0.4, 0.5) is 4.79 Å². The van der Waals surface area contributed by atoms with Crippen molar-refractivity contribution in [3.8, 4) is 0 Å². The molecule has 0 bridgehead atoms. The highest BCUT2D eigenvalue weighted by Gasteiger charge is 2.19. The van der Waals surface area contributed by atoms with Gasteiger partial charge in [-0.05, 0) is 24.7 Å². The lowest BCUT2D eigenvalue weighted by Gasteiger charge is -2.16. The minimum Gasteiger partial charge on any atom is -0.481 e. The van der Waals surface area contributed by atoms with Crippen LogP contribution in [0.1, 0.15) is 52.4 Å². The highest BCUT2D eigenvalue weighted by Crippen LogP contribution is 2.26.